The fourth-order valence-corrected chi connectivity index (χ4v) is 7.03. The van der Waals surface area contributed by atoms with Gasteiger partial charge in [-0.2, -0.15) is 0 Å². The number of sulfonamides is 2. The molecule has 37 heavy (non-hydrogen) atoms. The van der Waals surface area contributed by atoms with Crippen molar-refractivity contribution in [2.45, 2.75) is 9.10 Å². The van der Waals surface area contributed by atoms with Gasteiger partial charge in [-0.25, -0.2) is 21.8 Å². The molecule has 0 aliphatic carbocycles. The lowest BCUT2D eigenvalue weighted by atomic mass is 10.2. The molecule has 0 amide bonds. The van der Waals surface area contributed by atoms with Gasteiger partial charge in [0.1, 0.15) is 9.73 Å². The maximum absolute atomic E-state index is 12.7. The quantitative estimate of drug-likeness (QED) is 0.221. The van der Waals surface area contributed by atoms with Crippen LogP contribution in [0.25, 0.3) is 28.6 Å². The van der Waals surface area contributed by atoms with E-state index < -0.39 is 20.0 Å². The second-order valence-corrected chi connectivity index (χ2v) is 13.1. The van der Waals surface area contributed by atoms with Crippen molar-refractivity contribution < 1.29 is 21.3 Å². The summed E-state index contributed by atoms with van der Waals surface area (Å²) in [6.45, 7) is 3.66. The number of fused-ring (bicyclic) bond motifs is 1. The maximum atomic E-state index is 12.7. The molecule has 188 valence electrons. The van der Waals surface area contributed by atoms with Crippen molar-refractivity contribution >= 4 is 71.5 Å². The maximum Gasteiger partial charge on any atom is 0.271 e. The number of nitrogens with one attached hydrogen (secondary N) is 2. The highest BCUT2D eigenvalue weighted by molar-refractivity contribution is 7.94. The van der Waals surface area contributed by atoms with E-state index in [4.69, 9.17) is 16.0 Å². The number of oxazole rings is 1. The Morgan fingerprint density at radius 2 is 1.51 bits per heavy atom. The van der Waals surface area contributed by atoms with Gasteiger partial charge in [-0.3, -0.25) is 9.44 Å². The van der Waals surface area contributed by atoms with Crippen molar-refractivity contribution in [1.29, 1.82) is 0 Å². The normalized spacial score (nSPS) is 11.9. The van der Waals surface area contributed by atoms with E-state index in [1.165, 1.54) is 24.3 Å². The third kappa shape index (κ3) is 5.39. The lowest BCUT2D eigenvalue weighted by Crippen LogP contribution is -2.12. The summed E-state index contributed by atoms with van der Waals surface area (Å²) in [4.78, 5) is 4.59. The van der Waals surface area contributed by atoms with E-state index >= 15 is 0 Å². The van der Waals surface area contributed by atoms with E-state index in [0.717, 1.165) is 16.9 Å². The number of halogens is 1. The third-order valence-electron chi connectivity index (χ3n) is 5.26. The van der Waals surface area contributed by atoms with Gasteiger partial charge in [0.15, 0.2) is 5.58 Å². The summed E-state index contributed by atoms with van der Waals surface area (Å²) in [5, 5.41) is 0. The van der Waals surface area contributed by atoms with E-state index in [0.29, 0.717) is 38.3 Å². The fraction of sp³-hybridized carbons (Fsp3) is 0. The van der Waals surface area contributed by atoms with Crippen LogP contribution in [0.1, 0.15) is 5.56 Å². The van der Waals surface area contributed by atoms with Gasteiger partial charge in [0, 0.05) is 11.3 Å². The lowest BCUT2D eigenvalue weighted by Gasteiger charge is -2.08. The molecular formula is C25H18ClN3O5S3. The minimum absolute atomic E-state index is 0.0999. The topological polar surface area (TPSA) is 118 Å². The first-order valence-electron chi connectivity index (χ1n) is 10.7. The summed E-state index contributed by atoms with van der Waals surface area (Å²) in [6.07, 6.45) is 1.63. The van der Waals surface area contributed by atoms with Crippen LogP contribution >= 0.6 is 22.9 Å². The second kappa shape index (κ2) is 9.67. The molecular weight excluding hydrogens is 554 g/mol. The summed E-state index contributed by atoms with van der Waals surface area (Å²) >= 11 is 6.81. The molecule has 0 radical (unpaired) electrons. The van der Waals surface area contributed by atoms with Crippen LogP contribution in [0.5, 0.6) is 0 Å². The lowest BCUT2D eigenvalue weighted by molar-refractivity contribution is 0.600. The predicted molar refractivity (Wildman–Crippen MR) is 147 cm³/mol. The molecule has 0 bridgehead atoms. The zero-order valence-electron chi connectivity index (χ0n) is 18.9. The molecule has 2 aromatic heterocycles. The molecule has 2 heterocycles. The molecule has 0 saturated carbocycles. The molecule has 0 aliphatic rings. The Kier molecular flexibility index (Phi) is 6.54. The molecule has 0 spiro atoms. The van der Waals surface area contributed by atoms with E-state index in [1.54, 1.807) is 60.7 Å². The van der Waals surface area contributed by atoms with Crippen molar-refractivity contribution in [1.82, 2.24) is 4.98 Å². The SMILES string of the molecule is C=Cc1ccc(S(=O)(=O)Nc2ccc(-c3nc4cc(NS(=O)(=O)c5ccc(Cl)s5)ccc4o3)cc2)cc1. The van der Waals surface area contributed by atoms with Crippen LogP contribution in [0, 0.1) is 0 Å². The highest BCUT2D eigenvalue weighted by Gasteiger charge is 2.18. The minimum Gasteiger partial charge on any atom is -0.436 e. The second-order valence-electron chi connectivity index (χ2n) is 7.82. The molecule has 0 unspecified atom stereocenters. The van der Waals surface area contributed by atoms with Gasteiger partial charge in [0.05, 0.1) is 14.9 Å². The molecule has 12 heteroatoms. The van der Waals surface area contributed by atoms with E-state index in [1.807, 2.05) is 0 Å². The van der Waals surface area contributed by atoms with Gasteiger partial charge in [-0.15, -0.1) is 11.3 Å². The van der Waals surface area contributed by atoms with Crippen molar-refractivity contribution in [2.75, 3.05) is 9.44 Å². The van der Waals surface area contributed by atoms with Gasteiger partial charge in [-0.05, 0) is 72.3 Å². The van der Waals surface area contributed by atoms with Gasteiger partial charge in [0.2, 0.25) is 5.89 Å². The zero-order chi connectivity index (χ0) is 26.2. The van der Waals surface area contributed by atoms with Crippen molar-refractivity contribution in [3.63, 3.8) is 0 Å². The summed E-state index contributed by atoms with van der Waals surface area (Å²) in [6, 6.07) is 20.6. The average molecular weight is 572 g/mol. The first-order valence-corrected chi connectivity index (χ1v) is 14.8. The number of aromatic nitrogens is 1. The average Bonchev–Trinajstić information content (AvgIpc) is 3.50. The number of hydrogen-bond acceptors (Lipinski definition) is 7. The van der Waals surface area contributed by atoms with Crippen LogP contribution in [-0.4, -0.2) is 21.8 Å². The molecule has 2 N–H and O–H groups in total. The first-order chi connectivity index (χ1) is 17.6. The van der Waals surface area contributed by atoms with Crippen LogP contribution in [0.3, 0.4) is 0 Å². The highest BCUT2D eigenvalue weighted by atomic mass is 35.5. The van der Waals surface area contributed by atoms with Crippen LogP contribution < -0.4 is 9.44 Å². The van der Waals surface area contributed by atoms with E-state index in [9.17, 15) is 16.8 Å². The molecule has 0 aliphatic heterocycles. The van der Waals surface area contributed by atoms with Crippen LogP contribution in [0.4, 0.5) is 11.4 Å². The molecule has 5 aromatic rings. The van der Waals surface area contributed by atoms with Gasteiger partial charge in [-0.1, -0.05) is 36.4 Å². The molecule has 0 atom stereocenters. The number of hydrogen-bond donors (Lipinski definition) is 2. The summed E-state index contributed by atoms with van der Waals surface area (Å²) in [5.41, 5.74) is 3.04. The van der Waals surface area contributed by atoms with E-state index in [-0.39, 0.29) is 9.10 Å². The van der Waals surface area contributed by atoms with Crippen molar-refractivity contribution in [3.05, 3.63) is 95.3 Å². The van der Waals surface area contributed by atoms with E-state index in [2.05, 4.69) is 21.0 Å². The number of rotatable bonds is 8. The van der Waals surface area contributed by atoms with Gasteiger partial charge in [0.25, 0.3) is 20.0 Å². The number of thiophene rings is 1. The first kappa shape index (κ1) is 25.0. The Labute approximate surface area is 222 Å². The Morgan fingerprint density at radius 3 is 2.16 bits per heavy atom. The highest BCUT2D eigenvalue weighted by Crippen LogP contribution is 2.30. The molecule has 5 rings (SSSR count). The number of benzene rings is 3. The molecule has 0 fully saturated rings. The Morgan fingerprint density at radius 1 is 0.838 bits per heavy atom. The van der Waals surface area contributed by atoms with Crippen LogP contribution in [0.2, 0.25) is 4.34 Å². The Hall–Kier alpha value is -3.64. The monoisotopic (exact) mass is 571 g/mol. The van der Waals surface area contributed by atoms with Crippen molar-refractivity contribution in [2.24, 2.45) is 0 Å². The summed E-state index contributed by atoms with van der Waals surface area (Å²) in [5.74, 6) is 0.300. The molecule has 3 aromatic carbocycles. The molecule has 0 saturated heterocycles. The van der Waals surface area contributed by atoms with Crippen LogP contribution in [-0.2, 0) is 20.0 Å². The Bertz CT molecular complexity index is 1830. The van der Waals surface area contributed by atoms with Crippen molar-refractivity contribution in [3.8, 4) is 11.5 Å². The standard InChI is InChI=1S/C25H18ClN3O5S3/c1-2-16-3-10-20(11-4-16)36(30,31)28-18-7-5-17(6-8-18)25-27-21-15-19(9-12-22(21)34-25)29-37(32,33)24-14-13-23(26)35-24/h2-15,28-29H,1H2. The fourth-order valence-electron chi connectivity index (χ4n) is 3.44. The summed E-state index contributed by atoms with van der Waals surface area (Å²) in [7, 11) is -7.55. The predicted octanol–water partition coefficient (Wildman–Crippen LogP) is 6.45. The number of nitrogens with zero attached hydrogens (tertiary/aromatic N) is 1. The van der Waals surface area contributed by atoms with Gasteiger partial charge < -0.3 is 4.42 Å². The van der Waals surface area contributed by atoms with Crippen LogP contribution in [0.15, 0.2) is 99.0 Å². The minimum atomic E-state index is -3.78. The third-order valence-corrected chi connectivity index (χ3v) is 9.76. The smallest absolute Gasteiger partial charge is 0.271 e. The largest absolute Gasteiger partial charge is 0.436 e. The van der Waals surface area contributed by atoms with Gasteiger partial charge >= 0.3 is 0 Å². The number of anilines is 2. The summed E-state index contributed by atoms with van der Waals surface area (Å²) < 4.78 is 61.8. The molecule has 8 nitrogen and oxygen atoms in total. The Balaban J connectivity index is 1.34. The zero-order valence-corrected chi connectivity index (χ0v) is 22.1.